The second-order valence-corrected chi connectivity index (χ2v) is 7.35. The Balaban J connectivity index is 1.49. The molecule has 2 amide bonds. The molecule has 7 nitrogen and oxygen atoms in total. The van der Waals surface area contributed by atoms with Crippen LogP contribution < -0.4 is 10.7 Å². The summed E-state index contributed by atoms with van der Waals surface area (Å²) in [7, 11) is 0. The van der Waals surface area contributed by atoms with Crippen molar-refractivity contribution in [2.24, 2.45) is 5.92 Å². The molecule has 1 unspecified atom stereocenters. The molecule has 1 atom stereocenters. The molecule has 1 saturated heterocycles. The highest BCUT2D eigenvalue weighted by Crippen LogP contribution is 2.21. The Kier molecular flexibility index (Phi) is 5.31. The van der Waals surface area contributed by atoms with Gasteiger partial charge < -0.3 is 14.6 Å². The average Bonchev–Trinajstić information content (AvgIpc) is 2.75. The van der Waals surface area contributed by atoms with Crippen LogP contribution in [0.25, 0.3) is 11.0 Å². The number of hydrogen-bond donors (Lipinski definition) is 1. The third-order valence-corrected chi connectivity index (χ3v) is 5.13. The van der Waals surface area contributed by atoms with Crippen molar-refractivity contribution in [2.45, 2.75) is 12.8 Å². The van der Waals surface area contributed by atoms with Crippen LogP contribution >= 0.6 is 11.6 Å². The van der Waals surface area contributed by atoms with Crippen LogP contribution in [0.4, 0.5) is 5.82 Å². The Morgan fingerprint density at radius 1 is 1.21 bits per heavy atom. The van der Waals surface area contributed by atoms with Crippen molar-refractivity contribution in [3.05, 3.63) is 69.7 Å². The van der Waals surface area contributed by atoms with Crippen LogP contribution in [0.3, 0.4) is 0 Å². The number of fused-ring (bicyclic) bond motifs is 1. The normalized spacial score (nSPS) is 16.6. The van der Waals surface area contributed by atoms with Gasteiger partial charge in [-0.05, 0) is 37.1 Å². The molecule has 0 bridgehead atoms. The molecule has 2 aromatic heterocycles. The van der Waals surface area contributed by atoms with Gasteiger partial charge in [-0.2, -0.15) is 0 Å². The van der Waals surface area contributed by atoms with Crippen molar-refractivity contribution in [3.8, 4) is 0 Å². The van der Waals surface area contributed by atoms with Gasteiger partial charge in [0.25, 0.3) is 5.91 Å². The number of carbonyl (C=O) groups is 2. The van der Waals surface area contributed by atoms with Gasteiger partial charge in [0.1, 0.15) is 11.4 Å². The largest absolute Gasteiger partial charge is 0.451 e. The zero-order valence-corrected chi connectivity index (χ0v) is 16.2. The molecular weight excluding hydrogens is 394 g/mol. The molecule has 1 aliphatic rings. The molecule has 0 saturated carbocycles. The van der Waals surface area contributed by atoms with Gasteiger partial charge in [-0.15, -0.1) is 0 Å². The lowest BCUT2D eigenvalue weighted by atomic mass is 9.97. The standard InChI is InChI=1S/C21H18ClN3O4/c22-14-7-8-19(23-11-14)24-20(27)13-4-3-9-25(12-13)21(28)18-10-16(26)15-5-1-2-6-17(15)29-18/h1-2,5-8,10-11,13H,3-4,9,12H2,(H,23,24,27). The first-order chi connectivity index (χ1) is 14.0. The number of piperidine rings is 1. The number of hydrogen-bond acceptors (Lipinski definition) is 5. The van der Waals surface area contributed by atoms with Crippen LogP contribution in [0.5, 0.6) is 0 Å². The highest BCUT2D eigenvalue weighted by Gasteiger charge is 2.30. The molecule has 0 radical (unpaired) electrons. The van der Waals surface area contributed by atoms with E-state index in [0.29, 0.717) is 41.2 Å². The molecule has 29 heavy (non-hydrogen) atoms. The first-order valence-electron chi connectivity index (χ1n) is 9.26. The number of nitrogens with zero attached hydrogens (tertiary/aromatic N) is 2. The van der Waals surface area contributed by atoms with Crippen molar-refractivity contribution >= 4 is 40.2 Å². The van der Waals surface area contributed by atoms with E-state index < -0.39 is 5.91 Å². The molecule has 0 aliphatic carbocycles. The van der Waals surface area contributed by atoms with Gasteiger partial charge in [-0.3, -0.25) is 14.4 Å². The monoisotopic (exact) mass is 411 g/mol. The Morgan fingerprint density at radius 2 is 2.03 bits per heavy atom. The van der Waals surface area contributed by atoms with Crippen LogP contribution in [0.1, 0.15) is 23.4 Å². The van der Waals surface area contributed by atoms with Crippen molar-refractivity contribution in [1.29, 1.82) is 0 Å². The number of para-hydroxylation sites is 1. The van der Waals surface area contributed by atoms with E-state index in [2.05, 4.69) is 10.3 Å². The van der Waals surface area contributed by atoms with Gasteiger partial charge in [0, 0.05) is 25.4 Å². The van der Waals surface area contributed by atoms with Gasteiger partial charge in [0.2, 0.25) is 5.91 Å². The Hall–Kier alpha value is -3.19. The van der Waals surface area contributed by atoms with Gasteiger partial charge in [-0.25, -0.2) is 4.98 Å². The third-order valence-electron chi connectivity index (χ3n) is 4.90. The number of likely N-dealkylation sites (tertiary alicyclic amines) is 1. The molecule has 3 aromatic rings. The summed E-state index contributed by atoms with van der Waals surface area (Å²) in [5.74, 6) is -0.595. The summed E-state index contributed by atoms with van der Waals surface area (Å²) < 4.78 is 5.65. The number of pyridine rings is 1. The number of carbonyl (C=O) groups excluding carboxylic acids is 2. The first kappa shape index (κ1) is 19.1. The fraction of sp³-hybridized carbons (Fsp3) is 0.238. The minimum atomic E-state index is -0.394. The van der Waals surface area contributed by atoms with E-state index in [1.165, 1.54) is 12.3 Å². The van der Waals surface area contributed by atoms with Gasteiger partial charge in [-0.1, -0.05) is 23.7 Å². The maximum absolute atomic E-state index is 12.9. The number of anilines is 1. The molecule has 8 heteroatoms. The maximum atomic E-state index is 12.9. The molecule has 148 valence electrons. The summed E-state index contributed by atoms with van der Waals surface area (Å²) in [5, 5.41) is 3.66. The fourth-order valence-corrected chi connectivity index (χ4v) is 3.53. The van der Waals surface area contributed by atoms with Crippen LogP contribution in [0, 0.1) is 5.92 Å². The summed E-state index contributed by atoms with van der Waals surface area (Å²) in [4.78, 5) is 43.4. The number of amides is 2. The van der Waals surface area contributed by atoms with Gasteiger partial charge in [0.05, 0.1) is 16.3 Å². The second kappa shape index (κ2) is 8.05. The number of aromatic nitrogens is 1. The number of benzene rings is 1. The minimum Gasteiger partial charge on any atom is -0.451 e. The summed E-state index contributed by atoms with van der Waals surface area (Å²) in [6.07, 6.45) is 2.79. The van der Waals surface area contributed by atoms with E-state index in [4.69, 9.17) is 16.0 Å². The average molecular weight is 412 g/mol. The topological polar surface area (TPSA) is 92.5 Å². The molecule has 4 rings (SSSR count). The van der Waals surface area contributed by atoms with E-state index in [1.54, 1.807) is 41.3 Å². The van der Waals surface area contributed by atoms with E-state index in [9.17, 15) is 14.4 Å². The summed E-state index contributed by atoms with van der Waals surface area (Å²) in [6, 6.07) is 11.3. The van der Waals surface area contributed by atoms with Crippen LogP contribution in [-0.4, -0.2) is 34.8 Å². The Morgan fingerprint density at radius 3 is 2.83 bits per heavy atom. The number of halogens is 1. The predicted molar refractivity (Wildman–Crippen MR) is 109 cm³/mol. The van der Waals surface area contributed by atoms with E-state index in [1.807, 2.05) is 0 Å². The van der Waals surface area contributed by atoms with E-state index in [-0.39, 0.29) is 29.6 Å². The summed E-state index contributed by atoms with van der Waals surface area (Å²) in [5.41, 5.74) is 0.0961. The van der Waals surface area contributed by atoms with Gasteiger partial charge >= 0.3 is 0 Å². The zero-order valence-electron chi connectivity index (χ0n) is 15.4. The first-order valence-corrected chi connectivity index (χ1v) is 9.63. The maximum Gasteiger partial charge on any atom is 0.289 e. The van der Waals surface area contributed by atoms with Crippen LogP contribution in [0.15, 0.2) is 57.9 Å². The number of nitrogens with one attached hydrogen (secondary N) is 1. The molecule has 1 aliphatic heterocycles. The number of rotatable bonds is 3. The zero-order chi connectivity index (χ0) is 20.4. The molecule has 1 aromatic carbocycles. The highest BCUT2D eigenvalue weighted by atomic mass is 35.5. The molecule has 3 heterocycles. The third kappa shape index (κ3) is 4.14. The van der Waals surface area contributed by atoms with Crippen molar-refractivity contribution in [3.63, 3.8) is 0 Å². The Labute approximate surface area is 171 Å². The fourth-order valence-electron chi connectivity index (χ4n) is 3.42. The van der Waals surface area contributed by atoms with Crippen molar-refractivity contribution in [1.82, 2.24) is 9.88 Å². The molecular formula is C21H18ClN3O4. The lowest BCUT2D eigenvalue weighted by Crippen LogP contribution is -2.44. The second-order valence-electron chi connectivity index (χ2n) is 6.91. The predicted octanol–water partition coefficient (Wildman–Crippen LogP) is 3.33. The highest BCUT2D eigenvalue weighted by molar-refractivity contribution is 6.30. The van der Waals surface area contributed by atoms with Gasteiger partial charge in [0.15, 0.2) is 11.2 Å². The minimum absolute atomic E-state index is 0.0193. The lowest BCUT2D eigenvalue weighted by Gasteiger charge is -2.31. The van der Waals surface area contributed by atoms with Crippen LogP contribution in [0.2, 0.25) is 5.02 Å². The SMILES string of the molecule is O=C(Nc1ccc(Cl)cn1)C1CCCN(C(=O)c2cc(=O)c3ccccc3o2)C1. The Bertz CT molecular complexity index is 1130. The molecule has 1 N–H and O–H groups in total. The quantitative estimate of drug-likeness (QED) is 0.713. The van der Waals surface area contributed by atoms with E-state index >= 15 is 0 Å². The summed E-state index contributed by atoms with van der Waals surface area (Å²) in [6.45, 7) is 0.743. The van der Waals surface area contributed by atoms with E-state index in [0.717, 1.165) is 0 Å². The smallest absolute Gasteiger partial charge is 0.289 e. The molecule has 1 fully saturated rings. The summed E-state index contributed by atoms with van der Waals surface area (Å²) >= 11 is 5.81. The van der Waals surface area contributed by atoms with Crippen molar-refractivity contribution < 1.29 is 14.0 Å². The molecule has 0 spiro atoms. The lowest BCUT2D eigenvalue weighted by molar-refractivity contribution is -0.121. The van der Waals surface area contributed by atoms with Crippen molar-refractivity contribution in [2.75, 3.05) is 18.4 Å². The van der Waals surface area contributed by atoms with Crippen LogP contribution in [-0.2, 0) is 4.79 Å².